The maximum absolute atomic E-state index is 12.7. The summed E-state index contributed by atoms with van der Waals surface area (Å²) in [6, 6.07) is 0.814. The van der Waals surface area contributed by atoms with Crippen molar-refractivity contribution >= 4 is 5.91 Å². The Morgan fingerprint density at radius 2 is 2.14 bits per heavy atom. The van der Waals surface area contributed by atoms with Gasteiger partial charge in [0.1, 0.15) is 5.82 Å². The summed E-state index contributed by atoms with van der Waals surface area (Å²) in [7, 11) is 0. The summed E-state index contributed by atoms with van der Waals surface area (Å²) in [6.07, 6.45) is 5.87. The molecule has 21 heavy (non-hydrogen) atoms. The van der Waals surface area contributed by atoms with Crippen LogP contribution in [-0.4, -0.2) is 51.2 Å². The van der Waals surface area contributed by atoms with E-state index in [1.807, 2.05) is 18.7 Å². The lowest BCUT2D eigenvalue weighted by molar-refractivity contribution is 0.0706. The first-order chi connectivity index (χ1) is 10.1. The molecule has 1 unspecified atom stereocenters. The Hall–Kier alpha value is -1.43. The van der Waals surface area contributed by atoms with Crippen LogP contribution in [0.3, 0.4) is 0 Å². The van der Waals surface area contributed by atoms with Crippen molar-refractivity contribution in [1.29, 1.82) is 0 Å². The molecule has 1 aromatic heterocycles. The lowest BCUT2D eigenvalue weighted by Gasteiger charge is -2.30. The number of carbonyl (C=O) groups is 1. The number of H-pyrrole nitrogens is 1. The molecule has 1 amide bonds. The molecule has 0 radical (unpaired) electrons. The minimum atomic E-state index is -0.0203. The van der Waals surface area contributed by atoms with Crippen LogP contribution in [0.2, 0.25) is 0 Å². The molecule has 0 aromatic carbocycles. The molecule has 1 aliphatic carbocycles. The average molecular weight is 291 g/mol. The van der Waals surface area contributed by atoms with Crippen LogP contribution >= 0.6 is 0 Å². The van der Waals surface area contributed by atoms with Crippen LogP contribution in [0.25, 0.3) is 0 Å². The van der Waals surface area contributed by atoms with Crippen LogP contribution in [-0.2, 0) is 0 Å². The maximum atomic E-state index is 12.7. The highest BCUT2D eigenvalue weighted by Crippen LogP contribution is 2.28. The number of aromatic amines is 1. The molecule has 2 aliphatic rings. The normalized spacial score (nSPS) is 22.5. The number of piperidine rings is 1. The summed E-state index contributed by atoms with van der Waals surface area (Å²) in [4.78, 5) is 19.0. The summed E-state index contributed by atoms with van der Waals surface area (Å²) in [5, 5.41) is 10.5. The van der Waals surface area contributed by atoms with E-state index in [9.17, 15) is 4.79 Å². The number of amides is 1. The Kier molecular flexibility index (Phi) is 4.24. The molecule has 1 aromatic rings. The van der Waals surface area contributed by atoms with Crippen molar-refractivity contribution in [2.45, 2.75) is 64.0 Å². The van der Waals surface area contributed by atoms with Gasteiger partial charge in [-0.1, -0.05) is 20.3 Å². The van der Waals surface area contributed by atoms with E-state index in [4.69, 9.17) is 0 Å². The molecular weight excluding hydrogens is 266 g/mol. The van der Waals surface area contributed by atoms with Gasteiger partial charge in [0.25, 0.3) is 5.91 Å². The topological polar surface area (TPSA) is 73.9 Å². The SMILES string of the molecule is CC(C)c1nc(C(=O)N(CC2CCCCN2)C2CC2)n[nH]1. The summed E-state index contributed by atoms with van der Waals surface area (Å²) >= 11 is 0. The van der Waals surface area contributed by atoms with Gasteiger partial charge < -0.3 is 10.2 Å². The first-order valence-corrected chi connectivity index (χ1v) is 8.12. The summed E-state index contributed by atoms with van der Waals surface area (Å²) < 4.78 is 0. The van der Waals surface area contributed by atoms with Crippen molar-refractivity contribution in [3.8, 4) is 0 Å². The van der Waals surface area contributed by atoms with Gasteiger partial charge in [0.05, 0.1) is 0 Å². The van der Waals surface area contributed by atoms with E-state index >= 15 is 0 Å². The van der Waals surface area contributed by atoms with E-state index in [1.165, 1.54) is 12.8 Å². The standard InChI is InChI=1S/C15H25N5O/c1-10(2)13-17-14(19-18-13)15(21)20(12-6-7-12)9-11-5-3-4-8-16-11/h10-12,16H,3-9H2,1-2H3,(H,17,18,19). The minimum Gasteiger partial charge on any atom is -0.331 e. The molecule has 2 heterocycles. The third-order valence-electron chi connectivity index (χ3n) is 4.32. The van der Waals surface area contributed by atoms with E-state index in [0.717, 1.165) is 38.2 Å². The Morgan fingerprint density at radius 3 is 2.71 bits per heavy atom. The molecule has 1 saturated heterocycles. The average Bonchev–Trinajstić information content (AvgIpc) is 3.20. The second-order valence-electron chi connectivity index (χ2n) is 6.53. The van der Waals surface area contributed by atoms with Gasteiger partial charge in [-0.3, -0.25) is 9.89 Å². The van der Waals surface area contributed by atoms with Crippen molar-refractivity contribution in [2.24, 2.45) is 0 Å². The molecule has 2 fully saturated rings. The largest absolute Gasteiger partial charge is 0.331 e. The van der Waals surface area contributed by atoms with E-state index in [2.05, 4.69) is 20.5 Å². The third kappa shape index (κ3) is 3.43. The Bertz CT molecular complexity index is 488. The lowest BCUT2D eigenvalue weighted by atomic mass is 10.0. The van der Waals surface area contributed by atoms with Gasteiger partial charge in [0.15, 0.2) is 0 Å². The second-order valence-corrected chi connectivity index (χ2v) is 6.53. The molecule has 0 spiro atoms. The second kappa shape index (κ2) is 6.13. The van der Waals surface area contributed by atoms with Crippen LogP contribution in [0.4, 0.5) is 0 Å². The number of nitrogens with zero attached hydrogens (tertiary/aromatic N) is 3. The van der Waals surface area contributed by atoms with Gasteiger partial charge in [-0.15, -0.1) is 5.10 Å². The molecular formula is C15H25N5O. The van der Waals surface area contributed by atoms with Crippen molar-refractivity contribution in [2.75, 3.05) is 13.1 Å². The zero-order chi connectivity index (χ0) is 14.8. The molecule has 0 bridgehead atoms. The fraction of sp³-hybridized carbons (Fsp3) is 0.800. The molecule has 1 saturated carbocycles. The predicted molar refractivity (Wildman–Crippen MR) is 80.2 cm³/mol. The monoisotopic (exact) mass is 291 g/mol. The highest BCUT2D eigenvalue weighted by atomic mass is 16.2. The minimum absolute atomic E-state index is 0.0203. The summed E-state index contributed by atoms with van der Waals surface area (Å²) in [6.45, 7) is 5.93. The van der Waals surface area contributed by atoms with Gasteiger partial charge in [0, 0.05) is 24.5 Å². The summed E-state index contributed by atoms with van der Waals surface area (Å²) in [5.41, 5.74) is 0. The van der Waals surface area contributed by atoms with Crippen molar-refractivity contribution in [3.63, 3.8) is 0 Å². The van der Waals surface area contributed by atoms with Crippen LogP contribution < -0.4 is 5.32 Å². The van der Waals surface area contributed by atoms with Crippen LogP contribution in [0, 0.1) is 0 Å². The fourth-order valence-corrected chi connectivity index (χ4v) is 2.86. The lowest BCUT2D eigenvalue weighted by Crippen LogP contribution is -2.46. The third-order valence-corrected chi connectivity index (χ3v) is 4.32. The van der Waals surface area contributed by atoms with Crippen molar-refractivity contribution in [3.05, 3.63) is 11.6 Å². The molecule has 1 atom stereocenters. The van der Waals surface area contributed by atoms with E-state index < -0.39 is 0 Å². The smallest absolute Gasteiger partial charge is 0.293 e. The fourth-order valence-electron chi connectivity index (χ4n) is 2.86. The Balaban J connectivity index is 1.68. The van der Waals surface area contributed by atoms with Crippen LogP contribution in [0.15, 0.2) is 0 Å². The van der Waals surface area contributed by atoms with E-state index in [-0.39, 0.29) is 11.8 Å². The zero-order valence-corrected chi connectivity index (χ0v) is 12.9. The highest BCUT2D eigenvalue weighted by Gasteiger charge is 2.36. The Morgan fingerprint density at radius 1 is 1.33 bits per heavy atom. The summed E-state index contributed by atoms with van der Waals surface area (Å²) in [5.74, 6) is 1.34. The van der Waals surface area contributed by atoms with Gasteiger partial charge in [-0.05, 0) is 32.2 Å². The molecule has 1 aliphatic heterocycles. The van der Waals surface area contributed by atoms with Crippen molar-refractivity contribution in [1.82, 2.24) is 25.4 Å². The molecule has 6 nitrogen and oxygen atoms in total. The number of aromatic nitrogens is 3. The van der Waals surface area contributed by atoms with Crippen LogP contribution in [0.5, 0.6) is 0 Å². The quantitative estimate of drug-likeness (QED) is 0.865. The van der Waals surface area contributed by atoms with Crippen LogP contribution in [0.1, 0.15) is 68.3 Å². The number of hydrogen-bond acceptors (Lipinski definition) is 4. The molecule has 6 heteroatoms. The molecule has 116 valence electrons. The number of hydrogen-bond donors (Lipinski definition) is 2. The van der Waals surface area contributed by atoms with Gasteiger partial charge >= 0.3 is 0 Å². The predicted octanol–water partition coefficient (Wildman–Crippen LogP) is 1.67. The Labute approximate surface area is 125 Å². The zero-order valence-electron chi connectivity index (χ0n) is 12.9. The van der Waals surface area contributed by atoms with E-state index in [0.29, 0.717) is 17.9 Å². The molecule has 2 N–H and O–H groups in total. The van der Waals surface area contributed by atoms with Crippen molar-refractivity contribution < 1.29 is 4.79 Å². The van der Waals surface area contributed by atoms with Gasteiger partial charge in [-0.2, -0.15) is 0 Å². The van der Waals surface area contributed by atoms with E-state index in [1.54, 1.807) is 0 Å². The van der Waals surface area contributed by atoms with Gasteiger partial charge in [-0.25, -0.2) is 4.98 Å². The highest BCUT2D eigenvalue weighted by molar-refractivity contribution is 5.90. The molecule has 3 rings (SSSR count). The first-order valence-electron chi connectivity index (χ1n) is 8.12. The number of nitrogens with one attached hydrogen (secondary N) is 2. The van der Waals surface area contributed by atoms with Gasteiger partial charge in [0.2, 0.25) is 5.82 Å². The first kappa shape index (κ1) is 14.5. The maximum Gasteiger partial charge on any atom is 0.293 e. The number of carbonyl (C=O) groups excluding carboxylic acids is 1. The number of rotatable bonds is 5.